The number of hydrogen-bond acceptors (Lipinski definition) is 1. The Bertz CT molecular complexity index is 607. The van der Waals surface area contributed by atoms with E-state index in [1.54, 1.807) is 24.3 Å². The van der Waals surface area contributed by atoms with E-state index in [1.807, 2.05) is 0 Å². The molecule has 0 aliphatic heterocycles. The quantitative estimate of drug-likeness (QED) is 0.878. The molecule has 0 amide bonds. The average molecular weight is 260 g/mol. The Morgan fingerprint density at radius 2 is 1.79 bits per heavy atom. The molecule has 1 nitrogen and oxygen atoms in total. The molecule has 0 aromatic heterocycles. The summed E-state index contributed by atoms with van der Waals surface area (Å²) >= 11 is 0. The van der Waals surface area contributed by atoms with Gasteiger partial charge in [-0.3, -0.25) is 0 Å². The van der Waals surface area contributed by atoms with Gasteiger partial charge in [-0.15, -0.1) is 0 Å². The highest BCUT2D eigenvalue weighted by molar-refractivity contribution is 5.39. The summed E-state index contributed by atoms with van der Waals surface area (Å²) in [6.45, 7) is 0. The third kappa shape index (κ3) is 2.15. The Kier molecular flexibility index (Phi) is 2.86. The first-order valence-corrected chi connectivity index (χ1v) is 6.33. The Morgan fingerprint density at radius 1 is 1.05 bits per heavy atom. The highest BCUT2D eigenvalue weighted by Gasteiger charge is 2.37. The minimum atomic E-state index is -1.05. The van der Waals surface area contributed by atoms with Crippen LogP contribution in [0.4, 0.5) is 8.78 Å². The number of benzene rings is 2. The zero-order chi connectivity index (χ0) is 13.5. The zero-order valence-corrected chi connectivity index (χ0v) is 10.4. The van der Waals surface area contributed by atoms with Crippen LogP contribution in [0.1, 0.15) is 23.1 Å². The van der Waals surface area contributed by atoms with Crippen LogP contribution in [0.15, 0.2) is 42.5 Å². The molecule has 0 bridgehead atoms. The lowest BCUT2D eigenvalue weighted by molar-refractivity contribution is 0.0389. The SMILES string of the molecule is OC1(Cc2ccc(F)cc2)CCc2c(F)cccc21. The lowest BCUT2D eigenvalue weighted by Crippen LogP contribution is -2.25. The second-order valence-electron chi connectivity index (χ2n) is 5.10. The fourth-order valence-corrected chi connectivity index (χ4v) is 2.84. The summed E-state index contributed by atoms with van der Waals surface area (Å²) in [4.78, 5) is 0. The average Bonchev–Trinajstić information content (AvgIpc) is 2.72. The first-order chi connectivity index (χ1) is 9.08. The van der Waals surface area contributed by atoms with E-state index in [2.05, 4.69) is 0 Å². The molecule has 0 spiro atoms. The van der Waals surface area contributed by atoms with E-state index >= 15 is 0 Å². The van der Waals surface area contributed by atoms with Gasteiger partial charge in [0.05, 0.1) is 5.60 Å². The molecule has 19 heavy (non-hydrogen) atoms. The molecule has 1 aliphatic carbocycles. The van der Waals surface area contributed by atoms with Gasteiger partial charge < -0.3 is 5.11 Å². The molecule has 2 aromatic carbocycles. The first-order valence-electron chi connectivity index (χ1n) is 6.33. The second-order valence-corrected chi connectivity index (χ2v) is 5.10. The molecule has 0 saturated heterocycles. The molecule has 1 aliphatic rings. The van der Waals surface area contributed by atoms with E-state index in [4.69, 9.17) is 0 Å². The van der Waals surface area contributed by atoms with Crippen LogP contribution < -0.4 is 0 Å². The monoisotopic (exact) mass is 260 g/mol. The highest BCUT2D eigenvalue weighted by Crippen LogP contribution is 2.40. The van der Waals surface area contributed by atoms with E-state index in [0.717, 1.165) is 5.56 Å². The van der Waals surface area contributed by atoms with Gasteiger partial charge in [0, 0.05) is 6.42 Å². The van der Waals surface area contributed by atoms with E-state index in [9.17, 15) is 13.9 Å². The van der Waals surface area contributed by atoms with E-state index in [-0.39, 0.29) is 11.6 Å². The maximum absolute atomic E-state index is 13.7. The normalized spacial score (nSPS) is 21.4. The van der Waals surface area contributed by atoms with E-state index in [0.29, 0.717) is 30.4 Å². The minimum absolute atomic E-state index is 0.257. The van der Waals surface area contributed by atoms with Gasteiger partial charge in [-0.1, -0.05) is 24.3 Å². The van der Waals surface area contributed by atoms with Gasteiger partial charge in [0.1, 0.15) is 11.6 Å². The van der Waals surface area contributed by atoms with Crippen molar-refractivity contribution in [1.29, 1.82) is 0 Å². The number of hydrogen-bond donors (Lipinski definition) is 1. The van der Waals surface area contributed by atoms with Crippen LogP contribution in [0.3, 0.4) is 0 Å². The van der Waals surface area contributed by atoms with Crippen molar-refractivity contribution in [3.63, 3.8) is 0 Å². The summed E-state index contributed by atoms with van der Waals surface area (Å²) < 4.78 is 26.5. The summed E-state index contributed by atoms with van der Waals surface area (Å²) in [5.74, 6) is -0.555. The van der Waals surface area contributed by atoms with Gasteiger partial charge in [0.25, 0.3) is 0 Å². The third-order valence-electron chi connectivity index (χ3n) is 3.82. The smallest absolute Gasteiger partial charge is 0.126 e. The number of fused-ring (bicyclic) bond motifs is 1. The lowest BCUT2D eigenvalue weighted by Gasteiger charge is -2.24. The molecular formula is C16H14F2O. The van der Waals surface area contributed by atoms with Crippen molar-refractivity contribution >= 4 is 0 Å². The van der Waals surface area contributed by atoms with Crippen molar-refractivity contribution in [2.45, 2.75) is 24.9 Å². The molecule has 1 N–H and O–H groups in total. The molecule has 3 rings (SSSR count). The van der Waals surface area contributed by atoms with Gasteiger partial charge in [0.15, 0.2) is 0 Å². The molecule has 2 aromatic rings. The molecule has 98 valence electrons. The molecule has 1 unspecified atom stereocenters. The predicted octanol–water partition coefficient (Wildman–Crippen LogP) is 3.34. The first kappa shape index (κ1) is 12.3. The van der Waals surface area contributed by atoms with Crippen LogP contribution in [0.25, 0.3) is 0 Å². The van der Waals surface area contributed by atoms with Crippen LogP contribution >= 0.6 is 0 Å². The van der Waals surface area contributed by atoms with E-state index < -0.39 is 5.60 Å². The maximum atomic E-state index is 13.7. The molecular weight excluding hydrogens is 246 g/mol. The fraction of sp³-hybridized carbons (Fsp3) is 0.250. The summed E-state index contributed by atoms with van der Waals surface area (Å²) in [5, 5.41) is 10.7. The highest BCUT2D eigenvalue weighted by atomic mass is 19.1. The summed E-state index contributed by atoms with van der Waals surface area (Å²) in [6, 6.07) is 10.9. The second kappa shape index (κ2) is 4.42. The minimum Gasteiger partial charge on any atom is -0.385 e. The van der Waals surface area contributed by atoms with Crippen LogP contribution in [-0.2, 0) is 18.4 Å². The van der Waals surface area contributed by atoms with Crippen LogP contribution in [-0.4, -0.2) is 5.11 Å². The summed E-state index contributed by atoms with van der Waals surface area (Å²) in [6.07, 6.45) is 1.42. The largest absolute Gasteiger partial charge is 0.385 e. The fourth-order valence-electron chi connectivity index (χ4n) is 2.84. The number of rotatable bonds is 2. The van der Waals surface area contributed by atoms with Crippen molar-refractivity contribution in [2.24, 2.45) is 0 Å². The van der Waals surface area contributed by atoms with Gasteiger partial charge in [-0.25, -0.2) is 8.78 Å². The standard InChI is InChI=1S/C16H14F2O/c17-12-6-4-11(5-7-12)10-16(19)9-8-13-14(16)2-1-3-15(13)18/h1-7,19H,8-10H2. The van der Waals surface area contributed by atoms with Crippen molar-refractivity contribution < 1.29 is 13.9 Å². The molecule has 0 fully saturated rings. The molecule has 0 radical (unpaired) electrons. The lowest BCUT2D eigenvalue weighted by atomic mass is 9.89. The van der Waals surface area contributed by atoms with Gasteiger partial charge in [-0.2, -0.15) is 0 Å². The van der Waals surface area contributed by atoms with Crippen LogP contribution in [0.2, 0.25) is 0 Å². The van der Waals surface area contributed by atoms with Gasteiger partial charge >= 0.3 is 0 Å². The molecule has 3 heteroatoms. The molecule has 1 atom stereocenters. The van der Waals surface area contributed by atoms with E-state index in [1.165, 1.54) is 18.2 Å². The van der Waals surface area contributed by atoms with Crippen molar-refractivity contribution in [3.05, 3.63) is 70.8 Å². The Hall–Kier alpha value is -1.74. The Labute approximate surface area is 110 Å². The van der Waals surface area contributed by atoms with Crippen molar-refractivity contribution in [1.82, 2.24) is 0 Å². The van der Waals surface area contributed by atoms with Crippen molar-refractivity contribution in [3.8, 4) is 0 Å². The Morgan fingerprint density at radius 3 is 2.53 bits per heavy atom. The summed E-state index contributed by atoms with van der Waals surface area (Å²) in [7, 11) is 0. The maximum Gasteiger partial charge on any atom is 0.126 e. The zero-order valence-electron chi connectivity index (χ0n) is 10.4. The van der Waals surface area contributed by atoms with Gasteiger partial charge in [0.2, 0.25) is 0 Å². The van der Waals surface area contributed by atoms with Gasteiger partial charge in [-0.05, 0) is 47.7 Å². The third-order valence-corrected chi connectivity index (χ3v) is 3.82. The van der Waals surface area contributed by atoms with Crippen LogP contribution in [0.5, 0.6) is 0 Å². The van der Waals surface area contributed by atoms with Crippen molar-refractivity contribution in [2.75, 3.05) is 0 Å². The Balaban J connectivity index is 1.94. The number of aliphatic hydroxyl groups is 1. The molecule has 0 heterocycles. The molecule has 0 saturated carbocycles. The number of halogens is 2. The predicted molar refractivity (Wildman–Crippen MR) is 68.7 cm³/mol. The topological polar surface area (TPSA) is 20.2 Å². The van der Waals surface area contributed by atoms with Crippen LogP contribution in [0, 0.1) is 11.6 Å². The summed E-state index contributed by atoms with van der Waals surface area (Å²) in [5.41, 5.74) is 1.07.